The van der Waals surface area contributed by atoms with Crippen molar-refractivity contribution in [2.75, 3.05) is 20.3 Å². The van der Waals surface area contributed by atoms with Crippen molar-refractivity contribution in [3.63, 3.8) is 0 Å². The number of hydrogen-bond acceptors (Lipinski definition) is 3. The lowest BCUT2D eigenvalue weighted by atomic mass is 9.64. The van der Waals surface area contributed by atoms with E-state index in [0.717, 1.165) is 18.6 Å². The molecule has 0 bridgehead atoms. The lowest BCUT2D eigenvalue weighted by molar-refractivity contribution is -0.123. The molecule has 1 N–H and O–H groups in total. The van der Waals surface area contributed by atoms with Gasteiger partial charge in [0.2, 0.25) is 0 Å². The van der Waals surface area contributed by atoms with E-state index in [1.807, 2.05) is 18.2 Å². The Kier molecular flexibility index (Phi) is 5.04. The summed E-state index contributed by atoms with van der Waals surface area (Å²) in [5.41, 5.74) is 1.41. The van der Waals surface area contributed by atoms with E-state index in [-0.39, 0.29) is 17.9 Å². The minimum Gasteiger partial charge on any atom is -0.497 e. The lowest BCUT2D eigenvalue weighted by Gasteiger charge is -2.42. The van der Waals surface area contributed by atoms with Crippen LogP contribution in [-0.2, 0) is 10.2 Å². The third-order valence-electron chi connectivity index (χ3n) is 4.75. The fourth-order valence-electron chi connectivity index (χ4n) is 3.10. The molecule has 1 aliphatic rings. The first kappa shape index (κ1) is 16.4. The normalized spacial score (nSPS) is 15.2. The summed E-state index contributed by atoms with van der Waals surface area (Å²) < 4.78 is 10.6. The first-order valence-electron chi connectivity index (χ1n) is 8.31. The van der Waals surface area contributed by atoms with E-state index >= 15 is 0 Å². The Morgan fingerprint density at radius 1 is 1.04 bits per heavy atom. The molecule has 1 aliphatic carbocycles. The number of ether oxygens (including phenoxy) is 2. The van der Waals surface area contributed by atoms with Crippen LogP contribution < -0.4 is 14.8 Å². The van der Waals surface area contributed by atoms with E-state index in [1.165, 1.54) is 12.0 Å². The maximum atomic E-state index is 12.1. The van der Waals surface area contributed by atoms with Gasteiger partial charge in [-0.3, -0.25) is 4.79 Å². The maximum Gasteiger partial charge on any atom is 0.257 e. The Bertz CT molecular complexity index is 663. The second-order valence-corrected chi connectivity index (χ2v) is 6.24. The first-order chi connectivity index (χ1) is 11.7. The van der Waals surface area contributed by atoms with Crippen LogP contribution in [-0.4, -0.2) is 26.2 Å². The minimum absolute atomic E-state index is 0.0250. The molecular formula is C20H23NO3. The average Bonchev–Trinajstić information content (AvgIpc) is 2.60. The van der Waals surface area contributed by atoms with Gasteiger partial charge in [-0.15, -0.1) is 0 Å². The zero-order valence-corrected chi connectivity index (χ0v) is 14.0. The van der Waals surface area contributed by atoms with Gasteiger partial charge >= 0.3 is 0 Å². The molecule has 0 spiro atoms. The molecule has 4 heteroatoms. The SMILES string of the molecule is COc1ccc(OCC(=O)NCC2(c3ccccc3)CCC2)cc1. The molecule has 0 aromatic heterocycles. The summed E-state index contributed by atoms with van der Waals surface area (Å²) in [7, 11) is 1.62. The van der Waals surface area contributed by atoms with Gasteiger partial charge in [0.1, 0.15) is 11.5 Å². The van der Waals surface area contributed by atoms with E-state index in [9.17, 15) is 4.79 Å². The van der Waals surface area contributed by atoms with Crippen LogP contribution in [0.2, 0.25) is 0 Å². The molecule has 24 heavy (non-hydrogen) atoms. The highest BCUT2D eigenvalue weighted by Gasteiger charge is 2.38. The molecule has 0 radical (unpaired) electrons. The monoisotopic (exact) mass is 325 g/mol. The number of methoxy groups -OCH3 is 1. The smallest absolute Gasteiger partial charge is 0.257 e. The average molecular weight is 325 g/mol. The van der Waals surface area contributed by atoms with Crippen LogP contribution in [0.1, 0.15) is 24.8 Å². The Morgan fingerprint density at radius 3 is 2.29 bits per heavy atom. The zero-order chi connectivity index (χ0) is 16.8. The van der Waals surface area contributed by atoms with Gasteiger partial charge in [-0.25, -0.2) is 0 Å². The standard InChI is InChI=1S/C20H23NO3/c1-23-17-8-10-18(11-9-17)24-14-19(22)21-15-20(12-5-13-20)16-6-3-2-4-7-16/h2-4,6-11H,5,12-15H2,1H3,(H,21,22). The zero-order valence-electron chi connectivity index (χ0n) is 14.0. The van der Waals surface area contributed by atoms with Crippen molar-refractivity contribution in [3.05, 3.63) is 60.2 Å². The minimum atomic E-state index is -0.0898. The summed E-state index contributed by atoms with van der Waals surface area (Å²) in [4.78, 5) is 12.1. The van der Waals surface area contributed by atoms with Crippen LogP contribution in [0.25, 0.3) is 0 Å². The van der Waals surface area contributed by atoms with Crippen LogP contribution in [0.15, 0.2) is 54.6 Å². The summed E-state index contributed by atoms with van der Waals surface area (Å²) in [6, 6.07) is 17.7. The molecule has 4 nitrogen and oxygen atoms in total. The summed E-state index contributed by atoms with van der Waals surface area (Å²) in [6.45, 7) is 0.693. The molecule has 0 unspecified atom stereocenters. The van der Waals surface area contributed by atoms with Crippen LogP contribution in [0.3, 0.4) is 0 Å². The van der Waals surface area contributed by atoms with Crippen molar-refractivity contribution in [2.24, 2.45) is 0 Å². The number of benzene rings is 2. The summed E-state index contributed by atoms with van der Waals surface area (Å²) in [5.74, 6) is 1.34. The number of amides is 1. The van der Waals surface area contributed by atoms with E-state index in [4.69, 9.17) is 9.47 Å². The highest BCUT2D eigenvalue weighted by atomic mass is 16.5. The highest BCUT2D eigenvalue weighted by Crippen LogP contribution is 2.43. The molecule has 1 fully saturated rings. The third kappa shape index (κ3) is 3.70. The van der Waals surface area contributed by atoms with Gasteiger partial charge in [0.15, 0.2) is 6.61 Å². The van der Waals surface area contributed by atoms with Crippen molar-refractivity contribution < 1.29 is 14.3 Å². The van der Waals surface area contributed by atoms with Crippen LogP contribution in [0.5, 0.6) is 11.5 Å². The number of carbonyl (C=O) groups excluding carboxylic acids is 1. The molecule has 2 aromatic rings. The number of carbonyl (C=O) groups is 1. The van der Waals surface area contributed by atoms with Crippen molar-refractivity contribution in [1.82, 2.24) is 5.32 Å². The quantitative estimate of drug-likeness (QED) is 0.849. The second kappa shape index (κ2) is 7.39. The molecule has 1 saturated carbocycles. The van der Waals surface area contributed by atoms with Crippen LogP contribution >= 0.6 is 0 Å². The molecule has 0 saturated heterocycles. The van der Waals surface area contributed by atoms with Gasteiger partial charge in [-0.1, -0.05) is 36.8 Å². The predicted octanol–water partition coefficient (Wildman–Crippen LogP) is 3.31. The number of hydrogen-bond donors (Lipinski definition) is 1. The summed E-state index contributed by atoms with van der Waals surface area (Å²) in [5, 5.41) is 3.03. The largest absolute Gasteiger partial charge is 0.497 e. The first-order valence-corrected chi connectivity index (χ1v) is 8.31. The fourth-order valence-corrected chi connectivity index (χ4v) is 3.10. The number of nitrogens with one attached hydrogen (secondary N) is 1. The lowest BCUT2D eigenvalue weighted by Crippen LogP contribution is -2.46. The molecule has 126 valence electrons. The Hall–Kier alpha value is -2.49. The van der Waals surface area contributed by atoms with Gasteiger partial charge in [-0.2, -0.15) is 0 Å². The molecular weight excluding hydrogens is 302 g/mol. The van der Waals surface area contributed by atoms with Gasteiger partial charge in [0.05, 0.1) is 7.11 Å². The van der Waals surface area contributed by atoms with Crippen molar-refractivity contribution in [3.8, 4) is 11.5 Å². The Labute approximate surface area is 142 Å². The van der Waals surface area contributed by atoms with E-state index in [0.29, 0.717) is 12.3 Å². The maximum absolute atomic E-state index is 12.1. The Balaban J connectivity index is 1.50. The second-order valence-electron chi connectivity index (χ2n) is 6.24. The Morgan fingerprint density at radius 2 is 1.71 bits per heavy atom. The molecule has 0 atom stereocenters. The van der Waals surface area contributed by atoms with E-state index in [2.05, 4.69) is 29.6 Å². The molecule has 1 amide bonds. The molecule has 0 heterocycles. The van der Waals surface area contributed by atoms with Gasteiger partial charge in [0.25, 0.3) is 5.91 Å². The van der Waals surface area contributed by atoms with Gasteiger partial charge in [-0.05, 0) is 42.7 Å². The van der Waals surface area contributed by atoms with E-state index in [1.54, 1.807) is 19.2 Å². The summed E-state index contributed by atoms with van der Waals surface area (Å²) >= 11 is 0. The highest BCUT2D eigenvalue weighted by molar-refractivity contribution is 5.77. The van der Waals surface area contributed by atoms with E-state index < -0.39 is 0 Å². The number of rotatable bonds is 7. The van der Waals surface area contributed by atoms with Crippen LogP contribution in [0.4, 0.5) is 0 Å². The topological polar surface area (TPSA) is 47.6 Å². The predicted molar refractivity (Wildman–Crippen MR) is 93.5 cm³/mol. The molecule has 0 aliphatic heterocycles. The molecule has 3 rings (SSSR count). The van der Waals surface area contributed by atoms with Crippen molar-refractivity contribution >= 4 is 5.91 Å². The summed E-state index contributed by atoms with van der Waals surface area (Å²) in [6.07, 6.45) is 3.46. The van der Waals surface area contributed by atoms with Gasteiger partial charge < -0.3 is 14.8 Å². The van der Waals surface area contributed by atoms with Crippen LogP contribution in [0, 0.1) is 0 Å². The van der Waals surface area contributed by atoms with Crippen molar-refractivity contribution in [2.45, 2.75) is 24.7 Å². The third-order valence-corrected chi connectivity index (χ3v) is 4.75. The fraction of sp³-hybridized carbons (Fsp3) is 0.350. The van der Waals surface area contributed by atoms with Crippen molar-refractivity contribution in [1.29, 1.82) is 0 Å². The van der Waals surface area contributed by atoms with Gasteiger partial charge in [0, 0.05) is 12.0 Å². The molecule has 2 aromatic carbocycles.